The molecule has 72 valence electrons. The van der Waals surface area contributed by atoms with Crippen LogP contribution in [0.1, 0.15) is 15.3 Å². The maximum absolute atomic E-state index is 5.73. The van der Waals surface area contributed by atoms with Crippen LogP contribution in [0, 0.1) is 13.8 Å². The molecular formula is C10H15NOS. The summed E-state index contributed by atoms with van der Waals surface area (Å²) in [5.41, 5.74) is 1.33. The van der Waals surface area contributed by atoms with E-state index < -0.39 is 0 Å². The van der Waals surface area contributed by atoms with E-state index in [0.29, 0.717) is 6.04 Å². The second-order valence-corrected chi connectivity index (χ2v) is 4.85. The summed E-state index contributed by atoms with van der Waals surface area (Å²) in [7, 11) is 1.99. The van der Waals surface area contributed by atoms with Crippen molar-refractivity contribution in [2.75, 3.05) is 13.7 Å². The monoisotopic (exact) mass is 197 g/mol. The molecule has 2 rings (SSSR count). The molecule has 0 spiro atoms. The number of aryl methyl sites for hydroxylation is 1. The summed E-state index contributed by atoms with van der Waals surface area (Å²) in [5.74, 6) is 1.15. The molecule has 1 aliphatic heterocycles. The highest BCUT2D eigenvalue weighted by molar-refractivity contribution is 7.12. The Bertz CT molecular complexity index is 319. The van der Waals surface area contributed by atoms with Gasteiger partial charge in [-0.2, -0.15) is 0 Å². The van der Waals surface area contributed by atoms with Gasteiger partial charge >= 0.3 is 0 Å². The van der Waals surface area contributed by atoms with Crippen molar-refractivity contribution in [2.45, 2.75) is 26.3 Å². The van der Waals surface area contributed by atoms with E-state index in [0.717, 1.165) is 18.8 Å². The fraction of sp³-hybridized carbons (Fsp3) is 0.600. The first-order valence-electron chi connectivity index (χ1n) is 4.61. The Morgan fingerprint density at radius 1 is 1.46 bits per heavy atom. The lowest BCUT2D eigenvalue weighted by molar-refractivity contribution is 0.247. The van der Waals surface area contributed by atoms with E-state index in [9.17, 15) is 0 Å². The molecule has 0 fully saturated rings. The van der Waals surface area contributed by atoms with Crippen molar-refractivity contribution in [2.24, 2.45) is 0 Å². The van der Waals surface area contributed by atoms with E-state index in [4.69, 9.17) is 4.74 Å². The summed E-state index contributed by atoms with van der Waals surface area (Å²) < 4.78 is 5.73. The zero-order valence-electron chi connectivity index (χ0n) is 8.31. The van der Waals surface area contributed by atoms with Gasteiger partial charge in [0.1, 0.15) is 12.4 Å². The van der Waals surface area contributed by atoms with E-state index in [1.165, 1.54) is 15.3 Å². The summed E-state index contributed by atoms with van der Waals surface area (Å²) in [6.45, 7) is 5.11. The molecule has 1 aromatic rings. The second kappa shape index (κ2) is 3.31. The second-order valence-electron chi connectivity index (χ2n) is 3.54. The van der Waals surface area contributed by atoms with Crippen molar-refractivity contribution in [3.8, 4) is 5.75 Å². The van der Waals surface area contributed by atoms with E-state index in [1.54, 1.807) is 0 Å². The Labute approximate surface area is 82.9 Å². The van der Waals surface area contributed by atoms with Crippen LogP contribution < -0.4 is 10.1 Å². The third-order valence-electron chi connectivity index (χ3n) is 2.67. The van der Waals surface area contributed by atoms with Gasteiger partial charge in [-0.05, 0) is 20.9 Å². The minimum atomic E-state index is 0.491. The number of hydrogen-bond acceptors (Lipinski definition) is 3. The first kappa shape index (κ1) is 9.03. The van der Waals surface area contributed by atoms with Gasteiger partial charge < -0.3 is 10.1 Å². The molecule has 0 radical (unpaired) electrons. The van der Waals surface area contributed by atoms with Crippen LogP contribution in [0.4, 0.5) is 0 Å². The topological polar surface area (TPSA) is 21.3 Å². The SMILES string of the molecule is CNC1COc2c(sc(C)c2C)C1. The Morgan fingerprint density at radius 2 is 2.23 bits per heavy atom. The molecule has 3 heteroatoms. The van der Waals surface area contributed by atoms with E-state index in [-0.39, 0.29) is 0 Å². The number of nitrogens with one attached hydrogen (secondary N) is 1. The number of fused-ring (bicyclic) bond motifs is 1. The van der Waals surface area contributed by atoms with Crippen molar-refractivity contribution < 1.29 is 4.74 Å². The summed E-state index contributed by atoms with van der Waals surface area (Å²) in [6.07, 6.45) is 1.12. The van der Waals surface area contributed by atoms with Gasteiger partial charge in [0.05, 0.1) is 0 Å². The quantitative estimate of drug-likeness (QED) is 0.742. The van der Waals surface area contributed by atoms with Crippen molar-refractivity contribution in [1.82, 2.24) is 5.32 Å². The average molecular weight is 197 g/mol. The maximum atomic E-state index is 5.73. The van der Waals surface area contributed by atoms with Gasteiger partial charge in [-0.15, -0.1) is 11.3 Å². The van der Waals surface area contributed by atoms with E-state index in [1.807, 2.05) is 18.4 Å². The molecule has 0 amide bonds. The lowest BCUT2D eigenvalue weighted by atomic mass is 10.1. The lowest BCUT2D eigenvalue weighted by Gasteiger charge is -2.22. The van der Waals surface area contributed by atoms with Gasteiger partial charge in [0.25, 0.3) is 0 Å². The molecule has 1 aliphatic rings. The molecule has 2 heterocycles. The molecule has 0 saturated heterocycles. The molecule has 1 unspecified atom stereocenters. The van der Waals surface area contributed by atoms with Crippen LogP contribution in [0.2, 0.25) is 0 Å². The van der Waals surface area contributed by atoms with Gasteiger partial charge in [-0.3, -0.25) is 0 Å². The zero-order valence-corrected chi connectivity index (χ0v) is 9.12. The van der Waals surface area contributed by atoms with Crippen molar-refractivity contribution in [3.05, 3.63) is 15.3 Å². The molecule has 2 nitrogen and oxygen atoms in total. The summed E-state index contributed by atoms with van der Waals surface area (Å²) in [4.78, 5) is 2.79. The Morgan fingerprint density at radius 3 is 2.92 bits per heavy atom. The molecule has 13 heavy (non-hydrogen) atoms. The number of thiophene rings is 1. The maximum Gasteiger partial charge on any atom is 0.136 e. The van der Waals surface area contributed by atoms with Crippen molar-refractivity contribution in [3.63, 3.8) is 0 Å². The van der Waals surface area contributed by atoms with Gasteiger partial charge in [-0.25, -0.2) is 0 Å². The highest BCUT2D eigenvalue weighted by atomic mass is 32.1. The summed E-state index contributed by atoms with van der Waals surface area (Å²) >= 11 is 1.87. The van der Waals surface area contributed by atoms with Crippen LogP contribution in [0.5, 0.6) is 5.75 Å². The van der Waals surface area contributed by atoms with Gasteiger partial charge in [-0.1, -0.05) is 0 Å². The van der Waals surface area contributed by atoms with Crippen LogP contribution >= 0.6 is 11.3 Å². The standard InChI is InChI=1S/C10H15NOS/c1-6-7(2)13-9-4-8(11-3)5-12-10(6)9/h8,11H,4-5H2,1-3H3. The zero-order chi connectivity index (χ0) is 9.42. The Kier molecular flexibility index (Phi) is 2.30. The smallest absolute Gasteiger partial charge is 0.136 e. The minimum Gasteiger partial charge on any atom is -0.491 e. The predicted octanol–water partition coefficient (Wildman–Crippen LogP) is 1.89. The summed E-state index contributed by atoms with van der Waals surface area (Å²) in [6, 6.07) is 0.491. The van der Waals surface area contributed by atoms with Crippen LogP contribution in [0.15, 0.2) is 0 Å². The molecule has 0 aromatic carbocycles. The molecule has 0 aliphatic carbocycles. The first-order valence-corrected chi connectivity index (χ1v) is 5.43. The lowest BCUT2D eigenvalue weighted by Crippen LogP contribution is -2.36. The predicted molar refractivity (Wildman–Crippen MR) is 55.8 cm³/mol. The van der Waals surface area contributed by atoms with Crippen LogP contribution in [0.25, 0.3) is 0 Å². The Hall–Kier alpha value is -0.540. The Balaban J connectivity index is 2.31. The van der Waals surface area contributed by atoms with Crippen molar-refractivity contribution in [1.29, 1.82) is 0 Å². The van der Waals surface area contributed by atoms with Gasteiger partial charge in [0.2, 0.25) is 0 Å². The molecular weight excluding hydrogens is 182 g/mol. The van der Waals surface area contributed by atoms with Crippen LogP contribution in [0.3, 0.4) is 0 Å². The third-order valence-corrected chi connectivity index (χ3v) is 3.88. The number of hydrogen-bond donors (Lipinski definition) is 1. The van der Waals surface area contributed by atoms with Gasteiger partial charge in [0, 0.05) is 27.8 Å². The highest BCUT2D eigenvalue weighted by Gasteiger charge is 2.22. The normalized spacial score (nSPS) is 21.0. The van der Waals surface area contributed by atoms with E-state index >= 15 is 0 Å². The van der Waals surface area contributed by atoms with Crippen LogP contribution in [-0.2, 0) is 6.42 Å². The number of likely N-dealkylation sites (N-methyl/N-ethyl adjacent to an activating group) is 1. The highest BCUT2D eigenvalue weighted by Crippen LogP contribution is 2.37. The third kappa shape index (κ3) is 1.46. The van der Waals surface area contributed by atoms with Crippen molar-refractivity contribution >= 4 is 11.3 Å². The van der Waals surface area contributed by atoms with Crippen LogP contribution in [-0.4, -0.2) is 19.7 Å². The molecule has 1 atom stereocenters. The molecule has 0 bridgehead atoms. The van der Waals surface area contributed by atoms with E-state index in [2.05, 4.69) is 19.2 Å². The first-order chi connectivity index (χ1) is 6.22. The number of ether oxygens (including phenoxy) is 1. The minimum absolute atomic E-state index is 0.491. The molecule has 1 N–H and O–H groups in total. The summed E-state index contributed by atoms with van der Waals surface area (Å²) in [5, 5.41) is 3.26. The number of rotatable bonds is 1. The fourth-order valence-corrected chi connectivity index (χ4v) is 2.86. The molecule has 0 saturated carbocycles. The fourth-order valence-electron chi connectivity index (χ4n) is 1.65. The van der Waals surface area contributed by atoms with Gasteiger partial charge in [0.15, 0.2) is 0 Å². The molecule has 1 aromatic heterocycles. The average Bonchev–Trinajstić information content (AvgIpc) is 2.42. The largest absolute Gasteiger partial charge is 0.491 e.